The molecule has 0 unspecified atom stereocenters. The Morgan fingerprint density at radius 2 is 1.59 bits per heavy atom. The Morgan fingerprint density at radius 3 is 2.26 bits per heavy atom. The van der Waals surface area contributed by atoms with E-state index in [1.165, 1.54) is 43.7 Å². The van der Waals surface area contributed by atoms with Crippen molar-refractivity contribution in [3.05, 3.63) is 101 Å². The van der Waals surface area contributed by atoms with Gasteiger partial charge in [0.2, 0.25) is 10.0 Å². The minimum absolute atomic E-state index is 0.0335. The van der Waals surface area contributed by atoms with Crippen LogP contribution in [0.1, 0.15) is 47.8 Å². The Balaban J connectivity index is 1.75. The van der Waals surface area contributed by atoms with Gasteiger partial charge >= 0.3 is 0 Å². The zero-order chi connectivity index (χ0) is 28.6. The van der Waals surface area contributed by atoms with E-state index in [4.69, 9.17) is 0 Å². The molecule has 7 nitrogen and oxygen atoms in total. The van der Waals surface area contributed by atoms with Crippen molar-refractivity contribution in [2.75, 3.05) is 11.3 Å². The molecule has 0 aromatic heterocycles. The number of carbonyl (C=O) groups excluding carboxylic acids is 1. The third kappa shape index (κ3) is 9.12. The number of halogens is 2. The lowest BCUT2D eigenvalue weighted by atomic mass is 10.00. The van der Waals surface area contributed by atoms with Gasteiger partial charge in [0, 0.05) is 30.4 Å². The molecule has 0 aliphatic carbocycles. The Labute approximate surface area is 228 Å². The quantitative estimate of drug-likeness (QED) is 0.252. The van der Waals surface area contributed by atoms with Gasteiger partial charge in [0.1, 0.15) is 11.6 Å². The monoisotopic (exact) mass is 559 g/mol. The molecule has 0 spiro atoms. The third-order valence-electron chi connectivity index (χ3n) is 6.25. The zero-order valence-electron chi connectivity index (χ0n) is 22.2. The minimum Gasteiger partial charge on any atom is -0.390 e. The normalized spacial score (nSPS) is 13.2. The number of hydrogen-bond donors (Lipinski definition) is 4. The number of amides is 1. The largest absolute Gasteiger partial charge is 0.390 e. The van der Waals surface area contributed by atoms with Crippen molar-refractivity contribution < 1.29 is 27.1 Å². The fourth-order valence-corrected chi connectivity index (χ4v) is 4.68. The number of benzene rings is 3. The molecule has 3 aromatic rings. The summed E-state index contributed by atoms with van der Waals surface area (Å²) in [6.07, 6.45) is -0.236. The molecule has 0 saturated heterocycles. The molecule has 2 atom stereocenters. The predicted octanol–water partition coefficient (Wildman–Crippen LogP) is 4.17. The molecule has 1 amide bonds. The number of anilines is 1. The first kappa shape index (κ1) is 30.2. The van der Waals surface area contributed by atoms with Crippen LogP contribution in [0.3, 0.4) is 0 Å². The van der Waals surface area contributed by atoms with Gasteiger partial charge in [-0.1, -0.05) is 37.3 Å². The van der Waals surface area contributed by atoms with Crippen molar-refractivity contribution in [1.82, 2.24) is 10.6 Å². The number of sulfonamides is 1. The number of aliphatic hydroxyl groups excluding tert-OH is 1. The first-order valence-electron chi connectivity index (χ1n) is 12.8. The molecule has 0 radical (unpaired) electrons. The summed E-state index contributed by atoms with van der Waals surface area (Å²) in [5.41, 5.74) is 2.87. The molecule has 39 heavy (non-hydrogen) atoms. The van der Waals surface area contributed by atoms with Crippen LogP contribution in [0.2, 0.25) is 0 Å². The summed E-state index contributed by atoms with van der Waals surface area (Å²) in [6, 6.07) is 16.1. The molecule has 3 aromatic carbocycles. The first-order chi connectivity index (χ1) is 18.5. The second-order valence-electron chi connectivity index (χ2n) is 9.71. The van der Waals surface area contributed by atoms with E-state index < -0.39 is 45.0 Å². The smallest absolute Gasteiger partial charge is 0.251 e. The molecule has 4 N–H and O–H groups in total. The van der Waals surface area contributed by atoms with Crippen molar-refractivity contribution in [2.24, 2.45) is 0 Å². The highest BCUT2D eigenvalue weighted by Gasteiger charge is 2.24. The van der Waals surface area contributed by atoms with Gasteiger partial charge in [0.05, 0.1) is 17.4 Å². The van der Waals surface area contributed by atoms with Gasteiger partial charge in [0.25, 0.3) is 5.91 Å². The fraction of sp³-hybridized carbons (Fsp3) is 0.345. The Bertz CT molecular complexity index is 1360. The molecular weight excluding hydrogens is 524 g/mol. The van der Waals surface area contributed by atoms with Crippen LogP contribution in [0.5, 0.6) is 0 Å². The van der Waals surface area contributed by atoms with E-state index >= 15 is 0 Å². The van der Waals surface area contributed by atoms with Crippen molar-refractivity contribution >= 4 is 21.6 Å². The summed E-state index contributed by atoms with van der Waals surface area (Å²) < 4.78 is 54.6. The second kappa shape index (κ2) is 13.6. The first-order valence-corrected chi connectivity index (χ1v) is 14.4. The summed E-state index contributed by atoms with van der Waals surface area (Å²) in [5, 5.41) is 16.3. The number of aryl methyl sites for hydroxylation is 1. The van der Waals surface area contributed by atoms with E-state index in [0.29, 0.717) is 6.54 Å². The van der Waals surface area contributed by atoms with Crippen LogP contribution in [0.15, 0.2) is 66.7 Å². The van der Waals surface area contributed by atoms with Crippen molar-refractivity contribution in [2.45, 2.75) is 57.6 Å². The van der Waals surface area contributed by atoms with Gasteiger partial charge in [0.15, 0.2) is 0 Å². The highest BCUT2D eigenvalue weighted by Crippen LogP contribution is 2.16. The van der Waals surface area contributed by atoms with E-state index in [9.17, 15) is 27.1 Å². The zero-order valence-corrected chi connectivity index (χ0v) is 23.1. The summed E-state index contributed by atoms with van der Waals surface area (Å²) >= 11 is 0. The van der Waals surface area contributed by atoms with E-state index in [0.717, 1.165) is 30.2 Å². The highest BCUT2D eigenvalue weighted by molar-refractivity contribution is 7.93. The average Bonchev–Trinajstić information content (AvgIpc) is 2.87. The van der Waals surface area contributed by atoms with Crippen LogP contribution < -0.4 is 15.4 Å². The lowest BCUT2D eigenvalue weighted by molar-refractivity contribution is 0.0830. The van der Waals surface area contributed by atoms with Crippen LogP contribution >= 0.6 is 0 Å². The number of aliphatic hydroxyl groups is 1. The van der Waals surface area contributed by atoms with Crippen LogP contribution in [0.4, 0.5) is 14.5 Å². The van der Waals surface area contributed by atoms with E-state index in [1.54, 1.807) is 0 Å². The maximum atomic E-state index is 13.8. The average molecular weight is 560 g/mol. The maximum absolute atomic E-state index is 13.8. The molecule has 3 rings (SSSR count). The molecule has 0 saturated carbocycles. The molecule has 0 fully saturated rings. The van der Waals surface area contributed by atoms with E-state index in [-0.39, 0.29) is 29.8 Å². The lowest BCUT2D eigenvalue weighted by Gasteiger charge is -2.25. The topological polar surface area (TPSA) is 108 Å². The van der Waals surface area contributed by atoms with Crippen LogP contribution in [-0.2, 0) is 29.4 Å². The number of carbonyl (C=O) groups is 1. The SMILES string of the molecule is CCc1cccc(CNC[C@@H](O)[C@H](Cc2cc(F)cc(F)c2)NC(=O)c2cccc(NS(=O)(=O)C(C)C)c2)c1. The van der Waals surface area contributed by atoms with Gasteiger partial charge in [-0.3, -0.25) is 9.52 Å². The van der Waals surface area contributed by atoms with E-state index in [2.05, 4.69) is 28.3 Å². The van der Waals surface area contributed by atoms with Crippen molar-refractivity contribution in [1.29, 1.82) is 0 Å². The molecular formula is C29H35F2N3O4S. The Morgan fingerprint density at radius 1 is 0.923 bits per heavy atom. The summed E-state index contributed by atoms with van der Waals surface area (Å²) in [7, 11) is -3.62. The fourth-order valence-electron chi connectivity index (χ4n) is 3.99. The summed E-state index contributed by atoms with van der Waals surface area (Å²) in [6.45, 7) is 5.72. The van der Waals surface area contributed by atoms with Crippen molar-refractivity contribution in [3.63, 3.8) is 0 Å². The van der Waals surface area contributed by atoms with Gasteiger partial charge in [-0.15, -0.1) is 0 Å². The molecule has 10 heteroatoms. The molecule has 0 bridgehead atoms. The van der Waals surface area contributed by atoms with Crippen LogP contribution in [0, 0.1) is 11.6 Å². The van der Waals surface area contributed by atoms with Gasteiger partial charge in [-0.05, 0) is 73.7 Å². The van der Waals surface area contributed by atoms with Crippen molar-refractivity contribution in [3.8, 4) is 0 Å². The number of rotatable bonds is 13. The number of hydrogen-bond acceptors (Lipinski definition) is 5. The van der Waals surface area contributed by atoms with Gasteiger partial charge in [-0.25, -0.2) is 17.2 Å². The summed E-state index contributed by atoms with van der Waals surface area (Å²) in [4.78, 5) is 13.1. The van der Waals surface area contributed by atoms with Crippen LogP contribution in [0.25, 0.3) is 0 Å². The van der Waals surface area contributed by atoms with Gasteiger partial charge in [-0.2, -0.15) is 0 Å². The standard InChI is InChI=1S/C29H35F2N3O4S/c1-4-20-7-5-8-21(11-20)17-32-18-28(35)27(14-22-12-24(30)16-25(31)13-22)33-29(36)23-9-6-10-26(15-23)34-39(37,38)19(2)3/h5-13,15-16,19,27-28,32,34-35H,4,14,17-18H2,1-3H3,(H,33,36)/t27-,28+/m0/s1. The number of nitrogens with one attached hydrogen (secondary N) is 3. The molecule has 0 heterocycles. The van der Waals surface area contributed by atoms with E-state index in [1.807, 2.05) is 18.2 Å². The Hall–Kier alpha value is -3.34. The maximum Gasteiger partial charge on any atom is 0.251 e. The molecule has 0 aliphatic heterocycles. The Kier molecular flexibility index (Phi) is 10.6. The van der Waals surface area contributed by atoms with Crippen LogP contribution in [-0.4, -0.2) is 43.4 Å². The second-order valence-corrected chi connectivity index (χ2v) is 11.9. The molecule has 210 valence electrons. The minimum atomic E-state index is -3.62. The summed E-state index contributed by atoms with van der Waals surface area (Å²) in [5.74, 6) is -2.09. The predicted molar refractivity (Wildman–Crippen MR) is 149 cm³/mol. The lowest BCUT2D eigenvalue weighted by Crippen LogP contribution is -2.48. The van der Waals surface area contributed by atoms with Gasteiger partial charge < -0.3 is 15.7 Å². The highest BCUT2D eigenvalue weighted by atomic mass is 32.2. The third-order valence-corrected chi connectivity index (χ3v) is 8.01. The molecule has 0 aliphatic rings.